The molecule has 0 unspecified atom stereocenters. The average Bonchev–Trinajstić information content (AvgIpc) is 2.98. The Morgan fingerprint density at radius 1 is 1.31 bits per heavy atom. The van der Waals surface area contributed by atoms with Crippen molar-refractivity contribution in [2.75, 3.05) is 20.2 Å². The Morgan fingerprint density at radius 3 is 2.62 bits per heavy atom. The summed E-state index contributed by atoms with van der Waals surface area (Å²) in [5, 5.41) is 10.9. The van der Waals surface area contributed by atoms with E-state index in [2.05, 4.69) is 15.7 Å². The van der Waals surface area contributed by atoms with E-state index in [9.17, 15) is 4.79 Å². The molecular formula is C19H27ClN4O2. The number of halogens is 1. The van der Waals surface area contributed by atoms with E-state index in [1.807, 2.05) is 48.9 Å². The molecule has 2 heterocycles. The van der Waals surface area contributed by atoms with E-state index in [1.54, 1.807) is 7.11 Å². The third-order valence-electron chi connectivity index (χ3n) is 4.88. The molecule has 1 aliphatic rings. The lowest BCUT2D eigenvalue weighted by atomic mass is 9.91. The van der Waals surface area contributed by atoms with Gasteiger partial charge in [-0.1, -0.05) is 18.2 Å². The SMILES string of the molecule is COC1(C(=O)NCc2ccccc2-n2nc(C)cc2C)CCNCC1.Cl. The molecule has 0 radical (unpaired) electrons. The second-order valence-corrected chi connectivity index (χ2v) is 6.60. The van der Waals surface area contributed by atoms with Crippen LogP contribution in [0.4, 0.5) is 0 Å². The van der Waals surface area contributed by atoms with Crippen LogP contribution in [0.25, 0.3) is 5.69 Å². The van der Waals surface area contributed by atoms with Crippen molar-refractivity contribution in [2.24, 2.45) is 0 Å². The molecule has 7 heteroatoms. The molecule has 0 bridgehead atoms. The number of amides is 1. The number of aromatic nitrogens is 2. The zero-order valence-electron chi connectivity index (χ0n) is 15.5. The molecule has 0 atom stereocenters. The number of carbonyl (C=O) groups is 1. The topological polar surface area (TPSA) is 68.2 Å². The molecule has 1 saturated heterocycles. The summed E-state index contributed by atoms with van der Waals surface area (Å²) in [4.78, 5) is 12.8. The summed E-state index contributed by atoms with van der Waals surface area (Å²) in [6, 6.07) is 10.1. The molecular weight excluding hydrogens is 352 g/mol. The number of piperidine rings is 1. The fraction of sp³-hybridized carbons (Fsp3) is 0.474. The Labute approximate surface area is 160 Å². The van der Waals surface area contributed by atoms with Gasteiger partial charge in [0.2, 0.25) is 0 Å². The van der Waals surface area contributed by atoms with E-state index in [4.69, 9.17) is 4.74 Å². The third-order valence-corrected chi connectivity index (χ3v) is 4.88. The normalized spacial score (nSPS) is 16.0. The van der Waals surface area contributed by atoms with E-state index in [1.165, 1.54) is 0 Å². The van der Waals surface area contributed by atoms with Crippen LogP contribution in [0.3, 0.4) is 0 Å². The van der Waals surface area contributed by atoms with Crippen LogP contribution in [0.15, 0.2) is 30.3 Å². The Kier molecular flexibility index (Phi) is 6.81. The van der Waals surface area contributed by atoms with Crippen molar-refractivity contribution in [1.82, 2.24) is 20.4 Å². The van der Waals surface area contributed by atoms with Crippen molar-refractivity contribution in [3.8, 4) is 5.69 Å². The van der Waals surface area contributed by atoms with Crippen molar-refractivity contribution < 1.29 is 9.53 Å². The average molecular weight is 379 g/mol. The second-order valence-electron chi connectivity index (χ2n) is 6.60. The number of aryl methyl sites for hydroxylation is 2. The van der Waals surface area contributed by atoms with Crippen LogP contribution in [-0.2, 0) is 16.1 Å². The number of rotatable bonds is 5. The van der Waals surface area contributed by atoms with Gasteiger partial charge in [0.15, 0.2) is 0 Å². The maximum atomic E-state index is 12.8. The lowest BCUT2D eigenvalue weighted by Crippen LogP contribution is -2.54. The van der Waals surface area contributed by atoms with Gasteiger partial charge in [0.1, 0.15) is 5.60 Å². The summed E-state index contributed by atoms with van der Waals surface area (Å²) in [5.41, 5.74) is 3.35. The summed E-state index contributed by atoms with van der Waals surface area (Å²) >= 11 is 0. The number of ether oxygens (including phenoxy) is 1. The van der Waals surface area contributed by atoms with E-state index >= 15 is 0 Å². The minimum atomic E-state index is -0.724. The maximum absolute atomic E-state index is 12.8. The van der Waals surface area contributed by atoms with E-state index in [0.29, 0.717) is 19.4 Å². The fourth-order valence-corrected chi connectivity index (χ4v) is 3.43. The van der Waals surface area contributed by atoms with Gasteiger partial charge in [0.25, 0.3) is 5.91 Å². The fourth-order valence-electron chi connectivity index (χ4n) is 3.43. The number of benzene rings is 1. The molecule has 1 fully saturated rings. The number of para-hydroxylation sites is 1. The van der Waals surface area contributed by atoms with Crippen LogP contribution in [0, 0.1) is 13.8 Å². The van der Waals surface area contributed by atoms with Crippen molar-refractivity contribution in [1.29, 1.82) is 0 Å². The monoisotopic (exact) mass is 378 g/mol. The van der Waals surface area contributed by atoms with Crippen molar-refractivity contribution in [3.63, 3.8) is 0 Å². The Hall–Kier alpha value is -1.89. The van der Waals surface area contributed by atoms with Crippen molar-refractivity contribution in [2.45, 2.75) is 38.8 Å². The summed E-state index contributed by atoms with van der Waals surface area (Å²) in [5.74, 6) is -0.0420. The largest absolute Gasteiger partial charge is 0.368 e. The zero-order chi connectivity index (χ0) is 17.9. The first-order valence-electron chi connectivity index (χ1n) is 8.71. The highest BCUT2D eigenvalue weighted by Crippen LogP contribution is 2.23. The number of hydrogen-bond donors (Lipinski definition) is 2. The van der Waals surface area contributed by atoms with Gasteiger partial charge in [-0.15, -0.1) is 12.4 Å². The van der Waals surface area contributed by atoms with Crippen LogP contribution in [0.5, 0.6) is 0 Å². The molecule has 6 nitrogen and oxygen atoms in total. The van der Waals surface area contributed by atoms with Gasteiger partial charge in [-0.25, -0.2) is 4.68 Å². The smallest absolute Gasteiger partial charge is 0.252 e. The second kappa shape index (κ2) is 8.66. The first-order valence-corrected chi connectivity index (χ1v) is 8.71. The predicted octanol–water partition coefficient (Wildman–Crippen LogP) is 2.30. The minimum Gasteiger partial charge on any atom is -0.368 e. The van der Waals surface area contributed by atoms with Gasteiger partial charge in [0, 0.05) is 19.3 Å². The molecule has 2 aromatic rings. The number of nitrogens with zero attached hydrogens (tertiary/aromatic N) is 2. The van der Waals surface area contributed by atoms with Gasteiger partial charge < -0.3 is 15.4 Å². The quantitative estimate of drug-likeness (QED) is 0.837. The van der Waals surface area contributed by atoms with Gasteiger partial charge in [0.05, 0.1) is 11.4 Å². The molecule has 3 rings (SSSR count). The molecule has 2 N–H and O–H groups in total. The minimum absolute atomic E-state index is 0. The molecule has 1 aliphatic heterocycles. The van der Waals surface area contributed by atoms with Crippen molar-refractivity contribution >= 4 is 18.3 Å². The number of methoxy groups -OCH3 is 1. The molecule has 1 aromatic heterocycles. The molecule has 142 valence electrons. The molecule has 1 amide bonds. The highest BCUT2D eigenvalue weighted by atomic mass is 35.5. The highest BCUT2D eigenvalue weighted by molar-refractivity contribution is 5.85. The first-order chi connectivity index (χ1) is 12.1. The van der Waals surface area contributed by atoms with Gasteiger partial charge in [-0.2, -0.15) is 5.10 Å². The first kappa shape index (κ1) is 20.4. The van der Waals surface area contributed by atoms with E-state index < -0.39 is 5.60 Å². The molecule has 1 aromatic carbocycles. The van der Waals surface area contributed by atoms with E-state index in [-0.39, 0.29) is 18.3 Å². The standard InChI is InChI=1S/C19H26N4O2.ClH/c1-14-12-15(2)23(22-14)17-7-5-4-6-16(17)13-21-18(24)19(25-3)8-10-20-11-9-19;/h4-7,12,20H,8-11,13H2,1-3H3,(H,21,24);1H. The third kappa shape index (κ3) is 4.09. The van der Waals surface area contributed by atoms with Gasteiger partial charge in [-0.3, -0.25) is 4.79 Å². The van der Waals surface area contributed by atoms with Gasteiger partial charge in [-0.05, 0) is 57.5 Å². The highest BCUT2D eigenvalue weighted by Gasteiger charge is 2.39. The lowest BCUT2D eigenvalue weighted by Gasteiger charge is -2.34. The summed E-state index contributed by atoms with van der Waals surface area (Å²) in [7, 11) is 1.62. The zero-order valence-corrected chi connectivity index (χ0v) is 16.4. The Bertz CT molecular complexity index is 754. The molecule has 26 heavy (non-hydrogen) atoms. The van der Waals surface area contributed by atoms with Crippen LogP contribution in [0.1, 0.15) is 29.8 Å². The summed E-state index contributed by atoms with van der Waals surface area (Å²) < 4.78 is 7.52. The molecule has 0 aliphatic carbocycles. The number of hydrogen-bond acceptors (Lipinski definition) is 4. The maximum Gasteiger partial charge on any atom is 0.252 e. The summed E-state index contributed by atoms with van der Waals surface area (Å²) in [6.07, 6.45) is 1.38. The Balaban J connectivity index is 0.00000243. The number of carbonyl (C=O) groups excluding carboxylic acids is 1. The van der Waals surface area contributed by atoms with Crippen LogP contribution in [0.2, 0.25) is 0 Å². The predicted molar refractivity (Wildman–Crippen MR) is 104 cm³/mol. The van der Waals surface area contributed by atoms with Gasteiger partial charge >= 0.3 is 0 Å². The lowest BCUT2D eigenvalue weighted by molar-refractivity contribution is -0.146. The van der Waals surface area contributed by atoms with Crippen molar-refractivity contribution in [3.05, 3.63) is 47.3 Å². The Morgan fingerprint density at radius 2 is 2.00 bits per heavy atom. The molecule has 0 saturated carbocycles. The van der Waals surface area contributed by atoms with E-state index in [0.717, 1.165) is 35.7 Å². The van der Waals surface area contributed by atoms with Crippen LogP contribution in [-0.4, -0.2) is 41.5 Å². The number of nitrogens with one attached hydrogen (secondary N) is 2. The van der Waals surface area contributed by atoms with Crippen LogP contribution >= 0.6 is 12.4 Å². The molecule has 0 spiro atoms. The van der Waals surface area contributed by atoms with Crippen LogP contribution < -0.4 is 10.6 Å². The summed E-state index contributed by atoms with van der Waals surface area (Å²) in [6.45, 7) is 6.05.